The van der Waals surface area contributed by atoms with Crippen LogP contribution >= 0.6 is 0 Å². The van der Waals surface area contributed by atoms with E-state index in [1.165, 1.54) is 5.69 Å². The summed E-state index contributed by atoms with van der Waals surface area (Å²) in [7, 11) is 0. The first-order valence-electron chi connectivity index (χ1n) is 9.17. The molecule has 7 nitrogen and oxygen atoms in total. The molecule has 7 heteroatoms. The minimum Gasteiger partial charge on any atom is -0.394 e. The van der Waals surface area contributed by atoms with Crippen molar-refractivity contribution >= 4 is 22.5 Å². The van der Waals surface area contributed by atoms with Gasteiger partial charge in [0.25, 0.3) is 0 Å². The summed E-state index contributed by atoms with van der Waals surface area (Å²) < 4.78 is 5.42. The highest BCUT2D eigenvalue weighted by Crippen LogP contribution is 2.27. The second kappa shape index (κ2) is 7.85. The van der Waals surface area contributed by atoms with Crippen LogP contribution in [0.15, 0.2) is 42.7 Å². The van der Waals surface area contributed by atoms with Crippen LogP contribution in [0.1, 0.15) is 6.92 Å². The fourth-order valence-corrected chi connectivity index (χ4v) is 3.16. The molecule has 4 rings (SSSR count). The first-order chi connectivity index (χ1) is 13.2. The summed E-state index contributed by atoms with van der Waals surface area (Å²) >= 11 is 0. The Labute approximate surface area is 158 Å². The number of nitrogens with zero attached hydrogens (tertiary/aromatic N) is 4. The molecule has 1 aliphatic heterocycles. The van der Waals surface area contributed by atoms with E-state index in [0.29, 0.717) is 11.3 Å². The van der Waals surface area contributed by atoms with Gasteiger partial charge in [-0.25, -0.2) is 9.97 Å². The highest BCUT2D eigenvalue weighted by molar-refractivity contribution is 5.88. The van der Waals surface area contributed by atoms with Crippen LogP contribution in [-0.2, 0) is 4.74 Å². The van der Waals surface area contributed by atoms with Crippen LogP contribution in [0.2, 0.25) is 0 Å². The Hall–Kier alpha value is -2.77. The third-order valence-corrected chi connectivity index (χ3v) is 4.65. The molecule has 3 aromatic rings. The lowest BCUT2D eigenvalue weighted by Gasteiger charge is -2.28. The molecule has 27 heavy (non-hydrogen) atoms. The van der Waals surface area contributed by atoms with E-state index < -0.39 is 0 Å². The molecule has 0 bridgehead atoms. The molecule has 140 valence electrons. The normalized spacial score (nSPS) is 15.7. The van der Waals surface area contributed by atoms with Crippen LogP contribution in [0.25, 0.3) is 22.3 Å². The molecular formula is C20H23N5O2. The maximum absolute atomic E-state index is 9.37. The molecule has 2 N–H and O–H groups in total. The number of aliphatic hydroxyl groups excluding tert-OH is 1. The van der Waals surface area contributed by atoms with E-state index in [1.807, 2.05) is 13.0 Å². The number of hydrogen-bond acceptors (Lipinski definition) is 7. The molecule has 0 saturated carbocycles. The number of hydrogen-bond donors (Lipinski definition) is 2. The van der Waals surface area contributed by atoms with E-state index in [1.54, 1.807) is 12.4 Å². The minimum atomic E-state index is -0.123. The number of fused-ring (bicyclic) bond motifs is 1. The summed E-state index contributed by atoms with van der Waals surface area (Å²) in [5.74, 6) is 0.634. The van der Waals surface area contributed by atoms with Crippen LogP contribution in [0.5, 0.6) is 0 Å². The van der Waals surface area contributed by atoms with E-state index in [2.05, 4.69) is 44.5 Å². The number of pyridine rings is 1. The molecule has 0 spiro atoms. The van der Waals surface area contributed by atoms with Gasteiger partial charge < -0.3 is 20.1 Å². The zero-order valence-electron chi connectivity index (χ0n) is 15.3. The third kappa shape index (κ3) is 3.84. The van der Waals surface area contributed by atoms with Gasteiger partial charge in [-0.15, -0.1) is 0 Å². The quantitative estimate of drug-likeness (QED) is 0.718. The largest absolute Gasteiger partial charge is 0.394 e. The van der Waals surface area contributed by atoms with Crippen molar-refractivity contribution in [3.63, 3.8) is 0 Å². The Morgan fingerprint density at radius 1 is 1.15 bits per heavy atom. The number of nitrogens with one attached hydrogen (secondary N) is 1. The SMILES string of the molecule is CC(CO)Nc1nc(-c2ccc(N3CCOCC3)cc2)cc2nccnc12. The molecule has 0 amide bonds. The lowest BCUT2D eigenvalue weighted by atomic mass is 10.1. The van der Waals surface area contributed by atoms with Crippen molar-refractivity contribution in [2.75, 3.05) is 43.1 Å². The lowest BCUT2D eigenvalue weighted by molar-refractivity contribution is 0.122. The molecular weight excluding hydrogens is 342 g/mol. The smallest absolute Gasteiger partial charge is 0.155 e. The number of aromatic nitrogens is 3. The van der Waals surface area contributed by atoms with E-state index in [4.69, 9.17) is 9.72 Å². The standard InChI is InChI=1S/C20H23N5O2/c1-14(13-26)23-20-19-18(21-6-7-22-19)12-17(24-20)15-2-4-16(5-3-15)25-8-10-27-11-9-25/h2-7,12,14,26H,8-11,13H2,1H3,(H,23,24). The maximum atomic E-state index is 9.37. The zero-order chi connectivity index (χ0) is 18.6. The Kier molecular flexibility index (Phi) is 5.13. The van der Waals surface area contributed by atoms with Gasteiger partial charge in [-0.05, 0) is 25.1 Å². The first-order valence-corrected chi connectivity index (χ1v) is 9.17. The number of benzene rings is 1. The molecule has 1 fully saturated rings. The number of anilines is 2. The lowest BCUT2D eigenvalue weighted by Crippen LogP contribution is -2.36. The fourth-order valence-electron chi connectivity index (χ4n) is 3.16. The number of ether oxygens (including phenoxy) is 1. The van der Waals surface area contributed by atoms with Gasteiger partial charge in [0.05, 0.1) is 31.0 Å². The van der Waals surface area contributed by atoms with E-state index in [0.717, 1.165) is 43.1 Å². The highest BCUT2D eigenvalue weighted by atomic mass is 16.5. The van der Waals surface area contributed by atoms with Gasteiger partial charge in [0.1, 0.15) is 5.52 Å². The Morgan fingerprint density at radius 3 is 2.63 bits per heavy atom. The Morgan fingerprint density at radius 2 is 1.89 bits per heavy atom. The summed E-state index contributed by atoms with van der Waals surface area (Å²) in [5, 5.41) is 12.6. The Bertz CT molecular complexity index is 910. The van der Waals surface area contributed by atoms with Crippen molar-refractivity contribution < 1.29 is 9.84 Å². The molecule has 1 atom stereocenters. The van der Waals surface area contributed by atoms with Gasteiger partial charge in [0.2, 0.25) is 0 Å². The Balaban J connectivity index is 1.68. The second-order valence-electron chi connectivity index (χ2n) is 6.65. The fraction of sp³-hybridized carbons (Fsp3) is 0.350. The van der Waals surface area contributed by atoms with E-state index in [-0.39, 0.29) is 12.6 Å². The van der Waals surface area contributed by atoms with Crippen LogP contribution in [0.4, 0.5) is 11.5 Å². The van der Waals surface area contributed by atoms with Crippen molar-refractivity contribution in [1.82, 2.24) is 15.0 Å². The van der Waals surface area contributed by atoms with Crippen molar-refractivity contribution in [2.45, 2.75) is 13.0 Å². The van der Waals surface area contributed by atoms with Gasteiger partial charge in [-0.2, -0.15) is 0 Å². The molecule has 0 aliphatic carbocycles. The van der Waals surface area contributed by atoms with E-state index >= 15 is 0 Å². The summed E-state index contributed by atoms with van der Waals surface area (Å²) in [4.78, 5) is 15.9. The van der Waals surface area contributed by atoms with Gasteiger partial charge >= 0.3 is 0 Å². The number of morpholine rings is 1. The van der Waals surface area contributed by atoms with Gasteiger partial charge in [0.15, 0.2) is 5.82 Å². The van der Waals surface area contributed by atoms with Crippen LogP contribution < -0.4 is 10.2 Å². The van der Waals surface area contributed by atoms with Crippen LogP contribution in [0.3, 0.4) is 0 Å². The monoisotopic (exact) mass is 365 g/mol. The first kappa shape index (κ1) is 17.6. The highest BCUT2D eigenvalue weighted by Gasteiger charge is 2.14. The molecule has 1 aromatic carbocycles. The number of rotatable bonds is 5. The van der Waals surface area contributed by atoms with Crippen molar-refractivity contribution in [3.05, 3.63) is 42.7 Å². The van der Waals surface area contributed by atoms with Gasteiger partial charge in [-0.1, -0.05) is 12.1 Å². The zero-order valence-corrected chi connectivity index (χ0v) is 15.3. The summed E-state index contributed by atoms with van der Waals surface area (Å²) in [6.07, 6.45) is 3.32. The van der Waals surface area contributed by atoms with Gasteiger partial charge in [0, 0.05) is 42.8 Å². The topological polar surface area (TPSA) is 83.4 Å². The molecule has 2 aromatic heterocycles. The molecule has 3 heterocycles. The van der Waals surface area contributed by atoms with Crippen molar-refractivity contribution in [1.29, 1.82) is 0 Å². The summed E-state index contributed by atoms with van der Waals surface area (Å²) in [5.41, 5.74) is 4.50. The average molecular weight is 365 g/mol. The van der Waals surface area contributed by atoms with Gasteiger partial charge in [-0.3, -0.25) is 4.98 Å². The molecule has 1 aliphatic rings. The molecule has 1 unspecified atom stereocenters. The predicted octanol–water partition coefficient (Wildman–Crippen LogP) is 2.32. The van der Waals surface area contributed by atoms with Crippen LogP contribution in [-0.4, -0.2) is 59.0 Å². The predicted molar refractivity (Wildman–Crippen MR) is 106 cm³/mol. The summed E-state index contributed by atoms with van der Waals surface area (Å²) in [6.45, 7) is 5.28. The maximum Gasteiger partial charge on any atom is 0.155 e. The average Bonchev–Trinajstić information content (AvgIpc) is 2.74. The summed E-state index contributed by atoms with van der Waals surface area (Å²) in [6, 6.07) is 10.2. The minimum absolute atomic E-state index is 0.0158. The third-order valence-electron chi connectivity index (χ3n) is 4.65. The second-order valence-corrected chi connectivity index (χ2v) is 6.65. The van der Waals surface area contributed by atoms with Crippen LogP contribution in [0, 0.1) is 0 Å². The van der Waals surface area contributed by atoms with Crippen molar-refractivity contribution in [2.24, 2.45) is 0 Å². The number of aliphatic hydroxyl groups is 1. The van der Waals surface area contributed by atoms with Crippen molar-refractivity contribution in [3.8, 4) is 11.3 Å². The molecule has 0 radical (unpaired) electrons. The molecule has 1 saturated heterocycles. The van der Waals surface area contributed by atoms with E-state index in [9.17, 15) is 5.11 Å².